The van der Waals surface area contributed by atoms with Gasteiger partial charge < -0.3 is 24.0 Å². The fourth-order valence-electron chi connectivity index (χ4n) is 12.8. The fourth-order valence-corrected chi connectivity index (χ4v) is 12.8. The maximum absolute atomic E-state index is 7.07. The SMILES string of the molecule is CN1CN(n2c3cc(Oc4cccc(N5CN(c6c(-c7ccccc7)cccc6-c6ccccc6)c6ccccc65)c4)ccc3c3c4c(ccc32)-n2c3ccccc3c3cccc(c32)-c2ccccc2-4)c2ccccc21. The number of para-hydroxylation sites is 7. The Bertz CT molecular complexity index is 4440. The second-order valence-corrected chi connectivity index (χ2v) is 20.2. The number of ether oxygens (including phenoxy) is 1. The molecule has 0 amide bonds. The Labute approximate surface area is 440 Å². The van der Waals surface area contributed by atoms with Crippen molar-refractivity contribution < 1.29 is 4.74 Å². The number of benzene rings is 11. The van der Waals surface area contributed by atoms with Crippen LogP contribution in [0.5, 0.6) is 11.5 Å². The summed E-state index contributed by atoms with van der Waals surface area (Å²) in [6, 6.07) is 90.3. The van der Waals surface area contributed by atoms with E-state index in [0.717, 1.165) is 50.7 Å². The van der Waals surface area contributed by atoms with Gasteiger partial charge in [0.15, 0.2) is 0 Å². The molecule has 360 valence electrons. The quantitative estimate of drug-likeness (QED) is 0.159. The first-order chi connectivity index (χ1) is 37.6. The molecule has 3 aliphatic heterocycles. The molecule has 7 heteroatoms. The number of rotatable bonds is 7. The molecule has 11 aromatic carbocycles. The highest BCUT2D eigenvalue weighted by Gasteiger charge is 2.34. The lowest BCUT2D eigenvalue weighted by atomic mass is 9.91. The van der Waals surface area contributed by atoms with Crippen LogP contribution in [0.2, 0.25) is 0 Å². The summed E-state index contributed by atoms with van der Waals surface area (Å²) in [5.41, 5.74) is 22.3. The first-order valence-corrected chi connectivity index (χ1v) is 26.1. The summed E-state index contributed by atoms with van der Waals surface area (Å²) < 4.78 is 12.0. The molecule has 0 radical (unpaired) electrons. The van der Waals surface area contributed by atoms with Gasteiger partial charge in [-0.15, -0.1) is 0 Å². The standard InChI is InChI=1S/C69H48N6O/c1-70-43-73(62-36-15-12-33-59(62)70)75-64-40-39-63-66(54-27-9-8-25-52(54)55-30-18-31-56-53-26-10-11-32-58(53)74(63)69(55)56)67(64)57-38-37-49(42-65(57)75)76-48-24-16-23-47(41-48)71-44-72(61-35-14-13-34-60(61)71)68-50(45-19-4-2-5-20-45)28-17-29-51(68)46-21-6-3-7-22-46/h2-42H,43-44H2,1H3. The molecule has 76 heavy (non-hydrogen) atoms. The van der Waals surface area contributed by atoms with E-state index in [4.69, 9.17) is 4.74 Å². The van der Waals surface area contributed by atoms with Crippen molar-refractivity contribution in [3.05, 3.63) is 249 Å². The van der Waals surface area contributed by atoms with Crippen molar-refractivity contribution in [3.8, 4) is 61.7 Å². The van der Waals surface area contributed by atoms with Gasteiger partial charge >= 0.3 is 0 Å². The molecule has 0 N–H and O–H groups in total. The molecule has 2 aromatic heterocycles. The van der Waals surface area contributed by atoms with Gasteiger partial charge in [-0.25, -0.2) is 0 Å². The number of hydrogen-bond acceptors (Lipinski definition) is 5. The third kappa shape index (κ3) is 6.23. The Morgan fingerprint density at radius 2 is 0.974 bits per heavy atom. The van der Waals surface area contributed by atoms with Crippen molar-refractivity contribution in [2.45, 2.75) is 0 Å². The molecule has 0 saturated heterocycles. The third-order valence-electron chi connectivity index (χ3n) is 16.0. The smallest absolute Gasteiger partial charge is 0.129 e. The molecule has 0 saturated carbocycles. The second-order valence-electron chi connectivity index (χ2n) is 20.2. The molecule has 5 heterocycles. The maximum Gasteiger partial charge on any atom is 0.129 e. The minimum absolute atomic E-state index is 0.618. The Morgan fingerprint density at radius 3 is 1.76 bits per heavy atom. The number of aromatic nitrogens is 2. The minimum Gasteiger partial charge on any atom is -0.457 e. The molecule has 7 nitrogen and oxygen atoms in total. The maximum atomic E-state index is 7.07. The molecular formula is C69H48N6O. The summed E-state index contributed by atoms with van der Waals surface area (Å²) in [6.07, 6.45) is 0. The molecule has 0 unspecified atom stereocenters. The third-order valence-corrected chi connectivity index (χ3v) is 16.0. The van der Waals surface area contributed by atoms with Crippen LogP contribution in [-0.4, -0.2) is 29.6 Å². The number of fused-ring (bicyclic) bond motifs is 14. The van der Waals surface area contributed by atoms with Crippen LogP contribution in [0, 0.1) is 0 Å². The van der Waals surface area contributed by atoms with E-state index >= 15 is 0 Å². The number of nitrogens with zero attached hydrogens (tertiary/aromatic N) is 6. The van der Waals surface area contributed by atoms with Crippen LogP contribution in [0.1, 0.15) is 0 Å². The van der Waals surface area contributed by atoms with Crippen LogP contribution < -0.4 is 24.4 Å². The van der Waals surface area contributed by atoms with E-state index < -0.39 is 0 Å². The predicted octanol–water partition coefficient (Wildman–Crippen LogP) is 17.6. The molecule has 0 aliphatic carbocycles. The van der Waals surface area contributed by atoms with Crippen molar-refractivity contribution in [1.82, 2.24) is 9.24 Å². The van der Waals surface area contributed by atoms with Crippen LogP contribution in [0.25, 0.3) is 93.8 Å². The van der Waals surface area contributed by atoms with E-state index in [2.05, 4.69) is 285 Å². The average molecular weight is 977 g/mol. The highest BCUT2D eigenvalue weighted by Crippen LogP contribution is 2.53. The number of anilines is 6. The van der Waals surface area contributed by atoms with Crippen LogP contribution in [0.4, 0.5) is 34.1 Å². The highest BCUT2D eigenvalue weighted by atomic mass is 16.5. The van der Waals surface area contributed by atoms with Crippen molar-refractivity contribution in [1.29, 1.82) is 0 Å². The van der Waals surface area contributed by atoms with Gasteiger partial charge in [-0.1, -0.05) is 170 Å². The topological polar surface area (TPSA) is 32.1 Å². The lowest BCUT2D eigenvalue weighted by Crippen LogP contribution is -2.32. The largest absolute Gasteiger partial charge is 0.457 e. The van der Waals surface area contributed by atoms with Gasteiger partial charge in [-0.3, -0.25) is 9.69 Å². The van der Waals surface area contributed by atoms with Crippen LogP contribution >= 0.6 is 0 Å². The van der Waals surface area contributed by atoms with Crippen molar-refractivity contribution in [3.63, 3.8) is 0 Å². The molecule has 0 spiro atoms. The molecule has 0 bridgehead atoms. The summed E-state index contributed by atoms with van der Waals surface area (Å²) in [4.78, 5) is 7.22. The molecule has 16 rings (SSSR count). The Morgan fingerprint density at radius 1 is 0.368 bits per heavy atom. The summed E-state index contributed by atoms with van der Waals surface area (Å²) >= 11 is 0. The van der Waals surface area contributed by atoms with Crippen molar-refractivity contribution in [2.75, 3.05) is 40.1 Å². The summed E-state index contributed by atoms with van der Waals surface area (Å²) in [5.74, 6) is 1.53. The summed E-state index contributed by atoms with van der Waals surface area (Å²) in [5, 5.41) is 7.31. The van der Waals surface area contributed by atoms with Crippen LogP contribution in [-0.2, 0) is 0 Å². The first kappa shape index (κ1) is 42.5. The van der Waals surface area contributed by atoms with Gasteiger partial charge in [0, 0.05) is 68.7 Å². The Hall–Kier alpha value is -9.98. The molecule has 3 aliphatic rings. The van der Waals surface area contributed by atoms with Crippen LogP contribution in [0.3, 0.4) is 0 Å². The van der Waals surface area contributed by atoms with Gasteiger partial charge in [0.05, 0.1) is 56.2 Å². The Balaban J connectivity index is 0.845. The van der Waals surface area contributed by atoms with E-state index in [-0.39, 0.29) is 0 Å². The minimum atomic E-state index is 0.618. The summed E-state index contributed by atoms with van der Waals surface area (Å²) in [6.45, 7) is 1.30. The lowest BCUT2D eigenvalue weighted by Gasteiger charge is -2.27. The zero-order valence-electron chi connectivity index (χ0n) is 41.7. The normalized spacial score (nSPS) is 13.4. The predicted molar refractivity (Wildman–Crippen MR) is 315 cm³/mol. The van der Waals surface area contributed by atoms with Gasteiger partial charge in [0.1, 0.15) is 24.8 Å². The summed E-state index contributed by atoms with van der Waals surface area (Å²) in [7, 11) is 2.18. The van der Waals surface area contributed by atoms with Gasteiger partial charge in [-0.05, 0) is 89.0 Å². The molecule has 13 aromatic rings. The van der Waals surface area contributed by atoms with Gasteiger partial charge in [0.2, 0.25) is 0 Å². The number of hydrogen-bond donors (Lipinski definition) is 0. The molecular weight excluding hydrogens is 929 g/mol. The highest BCUT2D eigenvalue weighted by molar-refractivity contribution is 6.23. The average Bonchev–Trinajstić information content (AvgIpc) is 4.21. The van der Waals surface area contributed by atoms with Gasteiger partial charge in [-0.2, -0.15) is 0 Å². The Kier molecular flexibility index (Phi) is 9.24. The van der Waals surface area contributed by atoms with Gasteiger partial charge in [0.25, 0.3) is 0 Å². The van der Waals surface area contributed by atoms with Crippen molar-refractivity contribution in [2.24, 2.45) is 0 Å². The van der Waals surface area contributed by atoms with E-state index in [9.17, 15) is 0 Å². The lowest BCUT2D eigenvalue weighted by molar-refractivity contribution is 0.483. The zero-order chi connectivity index (χ0) is 50.0. The van der Waals surface area contributed by atoms with E-state index in [1.54, 1.807) is 0 Å². The zero-order valence-corrected chi connectivity index (χ0v) is 41.7. The second kappa shape index (κ2) is 16.5. The first-order valence-electron chi connectivity index (χ1n) is 26.1. The van der Waals surface area contributed by atoms with E-state index in [1.165, 1.54) is 88.8 Å². The van der Waals surface area contributed by atoms with Crippen LogP contribution in [0.15, 0.2) is 249 Å². The monoisotopic (exact) mass is 976 g/mol. The van der Waals surface area contributed by atoms with Crippen molar-refractivity contribution >= 4 is 77.7 Å². The van der Waals surface area contributed by atoms with E-state index in [1.807, 2.05) is 0 Å². The molecule has 0 atom stereocenters. The van der Waals surface area contributed by atoms with E-state index in [0.29, 0.717) is 13.3 Å². The fraction of sp³-hybridized carbons (Fsp3) is 0.0435. The molecule has 0 fully saturated rings.